The van der Waals surface area contributed by atoms with Gasteiger partial charge in [-0.3, -0.25) is 0 Å². The van der Waals surface area contributed by atoms with E-state index in [0.29, 0.717) is 6.54 Å². The van der Waals surface area contributed by atoms with Crippen molar-refractivity contribution in [3.63, 3.8) is 0 Å². The third kappa shape index (κ3) is 3.07. The molecule has 2 rings (SSSR count). The summed E-state index contributed by atoms with van der Waals surface area (Å²) in [7, 11) is 0. The van der Waals surface area contributed by atoms with Gasteiger partial charge in [0.15, 0.2) is 0 Å². The first-order valence-corrected chi connectivity index (χ1v) is 6.47. The molecule has 0 saturated heterocycles. The average Bonchev–Trinajstić information content (AvgIpc) is 2.33. The maximum absolute atomic E-state index is 5.54. The van der Waals surface area contributed by atoms with Crippen molar-refractivity contribution in [1.82, 2.24) is 4.98 Å². The predicted molar refractivity (Wildman–Crippen MR) is 70.4 cm³/mol. The molecule has 0 aliphatic heterocycles. The smallest absolute Gasteiger partial charge is 0.101 e. The monoisotopic (exact) mass is 294 g/mol. The second kappa shape index (κ2) is 5.48. The third-order valence-electron chi connectivity index (χ3n) is 2.08. The van der Waals surface area contributed by atoms with Crippen molar-refractivity contribution in [3.05, 3.63) is 52.6 Å². The molecule has 0 radical (unpaired) electrons. The molecule has 1 heterocycles. The minimum atomic E-state index is 0.585. The van der Waals surface area contributed by atoms with Gasteiger partial charge >= 0.3 is 0 Å². The molecule has 0 saturated carbocycles. The van der Waals surface area contributed by atoms with Crippen LogP contribution in [0.5, 0.6) is 0 Å². The molecule has 0 fully saturated rings. The lowest BCUT2D eigenvalue weighted by Crippen LogP contribution is -1.94. The van der Waals surface area contributed by atoms with Crippen molar-refractivity contribution in [2.75, 3.05) is 0 Å². The zero-order chi connectivity index (χ0) is 11.4. The predicted octanol–water partition coefficient (Wildman–Crippen LogP) is 3.45. The number of hydrogen-bond donors (Lipinski definition) is 1. The van der Waals surface area contributed by atoms with E-state index in [0.717, 1.165) is 15.1 Å². The Morgan fingerprint density at radius 3 is 2.44 bits per heavy atom. The highest BCUT2D eigenvalue weighted by Crippen LogP contribution is 2.26. The van der Waals surface area contributed by atoms with Gasteiger partial charge in [0.05, 0.1) is 0 Å². The number of rotatable bonds is 3. The number of aromatic nitrogens is 1. The van der Waals surface area contributed by atoms with E-state index in [2.05, 4.69) is 33.0 Å². The summed E-state index contributed by atoms with van der Waals surface area (Å²) in [6.07, 6.45) is 1.80. The van der Waals surface area contributed by atoms with Gasteiger partial charge in [0.2, 0.25) is 0 Å². The van der Waals surface area contributed by atoms with Crippen molar-refractivity contribution in [2.24, 2.45) is 5.73 Å². The first-order valence-electron chi connectivity index (χ1n) is 4.86. The molecule has 1 aromatic heterocycles. The molecular weight excluding hydrogens is 284 g/mol. The summed E-state index contributed by atoms with van der Waals surface area (Å²) in [4.78, 5) is 5.48. The van der Waals surface area contributed by atoms with Crippen molar-refractivity contribution < 1.29 is 0 Å². The Morgan fingerprint density at radius 2 is 1.88 bits per heavy atom. The maximum Gasteiger partial charge on any atom is 0.101 e. The molecule has 0 unspecified atom stereocenters. The van der Waals surface area contributed by atoms with E-state index >= 15 is 0 Å². The van der Waals surface area contributed by atoms with Crippen LogP contribution in [0.3, 0.4) is 0 Å². The van der Waals surface area contributed by atoms with Crippen LogP contribution in [-0.4, -0.2) is 4.98 Å². The Hall–Kier alpha value is -0.840. The van der Waals surface area contributed by atoms with Crippen LogP contribution in [0.25, 0.3) is 0 Å². The molecule has 2 nitrogen and oxygen atoms in total. The first-order chi connectivity index (χ1) is 7.78. The van der Waals surface area contributed by atoms with E-state index in [1.54, 1.807) is 18.0 Å². The van der Waals surface area contributed by atoms with Gasteiger partial charge in [-0.25, -0.2) is 4.98 Å². The number of hydrogen-bond acceptors (Lipinski definition) is 3. The quantitative estimate of drug-likeness (QED) is 0.942. The van der Waals surface area contributed by atoms with Gasteiger partial charge in [-0.05, 0) is 45.8 Å². The summed E-state index contributed by atoms with van der Waals surface area (Å²) in [6, 6.07) is 12.2. The molecule has 0 spiro atoms. The normalized spacial score (nSPS) is 10.4. The van der Waals surface area contributed by atoms with E-state index in [9.17, 15) is 0 Å². The molecular formula is C12H11BrN2S. The molecule has 0 aliphatic rings. The van der Waals surface area contributed by atoms with Crippen LogP contribution in [0.2, 0.25) is 0 Å². The van der Waals surface area contributed by atoms with Crippen LogP contribution in [0, 0.1) is 0 Å². The Balaban J connectivity index is 2.11. The fraction of sp³-hybridized carbons (Fsp3) is 0.0833. The van der Waals surface area contributed by atoms with Crippen molar-refractivity contribution >= 4 is 27.7 Å². The zero-order valence-corrected chi connectivity index (χ0v) is 11.0. The second-order valence-electron chi connectivity index (χ2n) is 3.26. The minimum absolute atomic E-state index is 0.585. The Morgan fingerprint density at radius 1 is 1.12 bits per heavy atom. The molecule has 82 valence electrons. The summed E-state index contributed by atoms with van der Waals surface area (Å²) in [6.45, 7) is 0.585. The highest BCUT2D eigenvalue weighted by atomic mass is 79.9. The summed E-state index contributed by atoms with van der Waals surface area (Å²) in [5, 5.41) is 0.990. The van der Waals surface area contributed by atoms with Crippen LogP contribution in [0.15, 0.2) is 57.0 Å². The van der Waals surface area contributed by atoms with E-state index in [1.807, 2.05) is 24.3 Å². The van der Waals surface area contributed by atoms with Crippen LogP contribution < -0.4 is 5.73 Å². The SMILES string of the molecule is NCc1ccc(Sc2ccc(Br)cn2)cc1. The van der Waals surface area contributed by atoms with Crippen LogP contribution in [0.4, 0.5) is 0 Å². The van der Waals surface area contributed by atoms with E-state index in [4.69, 9.17) is 5.73 Å². The van der Waals surface area contributed by atoms with E-state index < -0.39 is 0 Å². The van der Waals surface area contributed by atoms with Gasteiger partial charge < -0.3 is 5.73 Å². The number of halogens is 1. The van der Waals surface area contributed by atoms with Gasteiger partial charge in [-0.15, -0.1) is 0 Å². The molecule has 16 heavy (non-hydrogen) atoms. The number of nitrogens with zero attached hydrogens (tertiary/aromatic N) is 1. The molecule has 0 amide bonds. The lowest BCUT2D eigenvalue weighted by atomic mass is 10.2. The summed E-state index contributed by atoms with van der Waals surface area (Å²) < 4.78 is 0.996. The highest BCUT2D eigenvalue weighted by Gasteiger charge is 1.98. The molecule has 2 aromatic rings. The second-order valence-corrected chi connectivity index (χ2v) is 5.27. The Labute approximate surface area is 107 Å². The molecule has 0 aliphatic carbocycles. The van der Waals surface area contributed by atoms with Crippen molar-refractivity contribution in [1.29, 1.82) is 0 Å². The van der Waals surface area contributed by atoms with Crippen LogP contribution >= 0.6 is 27.7 Å². The van der Waals surface area contributed by atoms with Gasteiger partial charge in [-0.2, -0.15) is 0 Å². The number of nitrogens with two attached hydrogens (primary N) is 1. The number of pyridine rings is 1. The van der Waals surface area contributed by atoms with Gasteiger partial charge in [0.1, 0.15) is 5.03 Å². The average molecular weight is 295 g/mol. The molecule has 0 bridgehead atoms. The lowest BCUT2D eigenvalue weighted by molar-refractivity contribution is 1.06. The highest BCUT2D eigenvalue weighted by molar-refractivity contribution is 9.10. The summed E-state index contributed by atoms with van der Waals surface area (Å²) in [5.74, 6) is 0. The summed E-state index contributed by atoms with van der Waals surface area (Å²) >= 11 is 5.01. The molecule has 4 heteroatoms. The Bertz CT molecular complexity index is 453. The molecule has 1 aromatic carbocycles. The van der Waals surface area contributed by atoms with Gasteiger partial charge in [0, 0.05) is 22.1 Å². The van der Waals surface area contributed by atoms with Gasteiger partial charge in [0.25, 0.3) is 0 Å². The minimum Gasteiger partial charge on any atom is -0.326 e. The fourth-order valence-electron chi connectivity index (χ4n) is 1.24. The summed E-state index contributed by atoms with van der Waals surface area (Å²) in [5.41, 5.74) is 6.69. The maximum atomic E-state index is 5.54. The number of benzene rings is 1. The third-order valence-corrected chi connectivity index (χ3v) is 3.51. The molecule has 0 atom stereocenters. The van der Waals surface area contributed by atoms with Crippen molar-refractivity contribution in [3.8, 4) is 0 Å². The van der Waals surface area contributed by atoms with Gasteiger partial charge in [-0.1, -0.05) is 23.9 Å². The first kappa shape index (κ1) is 11.6. The van der Waals surface area contributed by atoms with E-state index in [-0.39, 0.29) is 0 Å². The molecule has 2 N–H and O–H groups in total. The largest absolute Gasteiger partial charge is 0.326 e. The van der Waals surface area contributed by atoms with Crippen LogP contribution in [-0.2, 0) is 6.54 Å². The van der Waals surface area contributed by atoms with Crippen LogP contribution in [0.1, 0.15) is 5.56 Å². The standard InChI is InChI=1S/C12H11BrN2S/c13-10-3-6-12(15-8-10)16-11-4-1-9(7-14)2-5-11/h1-6,8H,7,14H2. The topological polar surface area (TPSA) is 38.9 Å². The zero-order valence-electron chi connectivity index (χ0n) is 8.56. The van der Waals surface area contributed by atoms with E-state index in [1.165, 1.54) is 4.90 Å². The lowest BCUT2D eigenvalue weighted by Gasteiger charge is -2.02. The Kier molecular flexibility index (Phi) is 3.98. The fourth-order valence-corrected chi connectivity index (χ4v) is 2.23. The van der Waals surface area contributed by atoms with Crippen molar-refractivity contribution in [2.45, 2.75) is 16.5 Å².